The number of fused-ring (bicyclic) bond motifs is 1. The fourth-order valence-corrected chi connectivity index (χ4v) is 6.15. The molecule has 2 saturated heterocycles. The summed E-state index contributed by atoms with van der Waals surface area (Å²) in [5.41, 5.74) is -1.93. The number of halogens is 4. The molecule has 5 rings (SSSR count). The molecule has 2 fully saturated rings. The Morgan fingerprint density at radius 2 is 1.85 bits per heavy atom. The zero-order valence-electron chi connectivity index (χ0n) is 22.6. The van der Waals surface area contributed by atoms with Crippen molar-refractivity contribution in [3.63, 3.8) is 0 Å². The summed E-state index contributed by atoms with van der Waals surface area (Å²) in [4.78, 5) is 30.1. The summed E-state index contributed by atoms with van der Waals surface area (Å²) in [7, 11) is 0. The van der Waals surface area contributed by atoms with Crippen LogP contribution in [0.25, 0.3) is 10.9 Å². The predicted octanol–water partition coefficient (Wildman–Crippen LogP) is 4.57. The maximum atomic E-state index is 16.2. The van der Waals surface area contributed by atoms with Gasteiger partial charge in [-0.05, 0) is 48.2 Å². The van der Waals surface area contributed by atoms with Crippen molar-refractivity contribution in [3.05, 3.63) is 76.7 Å². The molecule has 218 valence electrons. The highest BCUT2D eigenvalue weighted by atomic mass is 19.4. The number of carbonyl (C=O) groups excluding carboxylic acids is 2. The van der Waals surface area contributed by atoms with Crippen molar-refractivity contribution in [1.29, 1.82) is 0 Å². The second-order valence-corrected chi connectivity index (χ2v) is 11.5. The van der Waals surface area contributed by atoms with Crippen LogP contribution in [0.4, 0.5) is 17.6 Å². The molecule has 0 aliphatic carbocycles. The highest BCUT2D eigenvalue weighted by Crippen LogP contribution is 2.49. The quantitative estimate of drug-likeness (QED) is 0.306. The smallest absolute Gasteiger partial charge is 0.394 e. The van der Waals surface area contributed by atoms with Gasteiger partial charge in [0.25, 0.3) is 0 Å². The summed E-state index contributed by atoms with van der Waals surface area (Å²) < 4.78 is 55.3. The van der Waals surface area contributed by atoms with Crippen LogP contribution >= 0.6 is 0 Å². The van der Waals surface area contributed by atoms with Crippen molar-refractivity contribution < 1.29 is 37.4 Å². The Morgan fingerprint density at radius 3 is 2.46 bits per heavy atom. The number of amides is 2. The van der Waals surface area contributed by atoms with Crippen molar-refractivity contribution in [2.45, 2.75) is 56.8 Å². The molecule has 3 aromatic rings. The van der Waals surface area contributed by atoms with Crippen molar-refractivity contribution >= 4 is 22.7 Å². The van der Waals surface area contributed by atoms with Gasteiger partial charge in [0.05, 0.1) is 35.2 Å². The number of pyridine rings is 1. The first-order valence-electron chi connectivity index (χ1n) is 13.4. The van der Waals surface area contributed by atoms with E-state index in [2.05, 4.69) is 10.3 Å². The van der Waals surface area contributed by atoms with Gasteiger partial charge in [0.2, 0.25) is 11.8 Å². The number of aliphatic hydroxyl groups is 2. The lowest BCUT2D eigenvalue weighted by Crippen LogP contribution is -2.56. The number of hydrogen-bond acceptors (Lipinski definition) is 6. The zero-order valence-corrected chi connectivity index (χ0v) is 22.6. The minimum Gasteiger partial charge on any atom is -0.394 e. The van der Waals surface area contributed by atoms with Crippen molar-refractivity contribution in [2.24, 2.45) is 5.41 Å². The fraction of sp³-hybridized carbons (Fsp3) is 0.433. The summed E-state index contributed by atoms with van der Waals surface area (Å²) in [6.45, 7) is 3.68. The van der Waals surface area contributed by atoms with E-state index in [1.54, 1.807) is 26.0 Å². The number of imide groups is 1. The van der Waals surface area contributed by atoms with Gasteiger partial charge >= 0.3 is 6.18 Å². The number of aliphatic hydroxyl groups excluding tert-OH is 1. The second kappa shape index (κ2) is 10.5. The summed E-state index contributed by atoms with van der Waals surface area (Å²) in [5.74, 6) is -2.12. The molecule has 3 N–H and O–H groups in total. The third-order valence-electron chi connectivity index (χ3n) is 8.62. The normalized spacial score (nSPS) is 24.3. The molecular formula is C30H31F4N3O4. The van der Waals surface area contributed by atoms with E-state index in [-0.39, 0.29) is 55.8 Å². The summed E-state index contributed by atoms with van der Waals surface area (Å²) >= 11 is 0. The van der Waals surface area contributed by atoms with Crippen LogP contribution in [-0.4, -0.2) is 51.6 Å². The van der Waals surface area contributed by atoms with Crippen molar-refractivity contribution in [2.75, 3.05) is 19.7 Å². The van der Waals surface area contributed by atoms with Gasteiger partial charge in [0, 0.05) is 42.1 Å². The molecule has 3 heterocycles. The third-order valence-corrected chi connectivity index (χ3v) is 8.62. The number of carbonyl (C=O) groups is 2. The van der Waals surface area contributed by atoms with Crippen LogP contribution in [0.15, 0.2) is 48.7 Å². The number of likely N-dealkylation sites (tertiary alicyclic amines) is 1. The van der Waals surface area contributed by atoms with Gasteiger partial charge in [-0.25, -0.2) is 4.39 Å². The van der Waals surface area contributed by atoms with Gasteiger partial charge < -0.3 is 10.2 Å². The number of aromatic nitrogens is 1. The molecule has 41 heavy (non-hydrogen) atoms. The highest BCUT2D eigenvalue weighted by Gasteiger charge is 2.51. The van der Waals surface area contributed by atoms with E-state index < -0.39 is 46.4 Å². The van der Waals surface area contributed by atoms with Crippen LogP contribution in [0, 0.1) is 11.2 Å². The molecule has 11 heteroatoms. The molecule has 7 nitrogen and oxygen atoms in total. The molecular weight excluding hydrogens is 542 g/mol. The minimum atomic E-state index is -4.47. The first-order chi connectivity index (χ1) is 19.2. The monoisotopic (exact) mass is 573 g/mol. The van der Waals surface area contributed by atoms with E-state index in [4.69, 9.17) is 0 Å². The Balaban J connectivity index is 1.44. The number of benzene rings is 2. The SMILES string of the molecule is CC1(C)CN([C@@H](CO)c2ccc(C(F)(F)F)cc2)CC[C@@]1(O)c1ccc2ncc(C3CCC(=O)NC3=O)cc2c1F. The summed E-state index contributed by atoms with van der Waals surface area (Å²) in [5, 5.41) is 24.6. The number of rotatable bonds is 5. The minimum absolute atomic E-state index is 0.0759. The molecule has 0 saturated carbocycles. The average molecular weight is 574 g/mol. The van der Waals surface area contributed by atoms with E-state index in [0.717, 1.165) is 12.1 Å². The van der Waals surface area contributed by atoms with Crippen molar-refractivity contribution in [3.8, 4) is 0 Å². The largest absolute Gasteiger partial charge is 0.416 e. The molecule has 2 aliphatic heterocycles. The van der Waals surface area contributed by atoms with E-state index in [0.29, 0.717) is 16.6 Å². The van der Waals surface area contributed by atoms with Crippen LogP contribution in [0.3, 0.4) is 0 Å². The second-order valence-electron chi connectivity index (χ2n) is 11.5. The van der Waals surface area contributed by atoms with E-state index in [1.807, 2.05) is 4.90 Å². The number of alkyl halides is 3. The molecule has 2 aromatic carbocycles. The fourth-order valence-electron chi connectivity index (χ4n) is 6.15. The molecule has 0 spiro atoms. The number of nitrogens with zero attached hydrogens (tertiary/aromatic N) is 2. The Labute approximate surface area is 234 Å². The topological polar surface area (TPSA) is 103 Å². The molecule has 2 aliphatic rings. The van der Waals surface area contributed by atoms with E-state index in [1.165, 1.54) is 24.4 Å². The number of nitrogens with one attached hydrogen (secondary N) is 1. The van der Waals surface area contributed by atoms with Crippen LogP contribution in [0.2, 0.25) is 0 Å². The Hall–Kier alpha value is -3.41. The van der Waals surface area contributed by atoms with E-state index in [9.17, 15) is 33.0 Å². The Morgan fingerprint density at radius 1 is 1.15 bits per heavy atom. The van der Waals surface area contributed by atoms with Crippen LogP contribution in [-0.2, 0) is 21.4 Å². The van der Waals surface area contributed by atoms with Crippen LogP contribution in [0.1, 0.15) is 67.3 Å². The average Bonchev–Trinajstić information content (AvgIpc) is 2.91. The molecule has 2 amide bonds. The van der Waals surface area contributed by atoms with Gasteiger partial charge in [0.15, 0.2) is 0 Å². The standard InChI is InChI=1S/C30H31F4N3O4/c1-28(2)16-37(24(15-38)17-3-5-19(6-4-17)30(32,33)34)12-11-29(28,41)22-8-9-23-21(26(22)31)13-18(14-35-23)20-7-10-25(39)36-27(20)40/h3-6,8-9,13-14,20,24,38,41H,7,10-12,15-16H2,1-2H3,(H,36,39,40)/t20?,24-,29+/m0/s1. The maximum Gasteiger partial charge on any atom is 0.416 e. The summed E-state index contributed by atoms with van der Waals surface area (Å²) in [6.07, 6.45) is -2.42. The first-order valence-corrected chi connectivity index (χ1v) is 13.4. The van der Waals surface area contributed by atoms with Gasteiger partial charge in [-0.2, -0.15) is 13.2 Å². The molecule has 0 bridgehead atoms. The highest BCUT2D eigenvalue weighted by molar-refractivity contribution is 6.01. The maximum absolute atomic E-state index is 16.2. The number of hydrogen-bond donors (Lipinski definition) is 3. The van der Waals surface area contributed by atoms with E-state index >= 15 is 4.39 Å². The lowest BCUT2D eigenvalue weighted by Gasteiger charge is -2.52. The van der Waals surface area contributed by atoms with Crippen LogP contribution in [0.5, 0.6) is 0 Å². The zero-order chi connectivity index (χ0) is 29.7. The molecule has 3 atom stereocenters. The van der Waals surface area contributed by atoms with Crippen LogP contribution < -0.4 is 5.32 Å². The Kier molecular flexibility index (Phi) is 7.42. The Bertz CT molecular complexity index is 1490. The number of piperidine rings is 2. The van der Waals surface area contributed by atoms with Gasteiger partial charge in [-0.3, -0.25) is 24.8 Å². The predicted molar refractivity (Wildman–Crippen MR) is 142 cm³/mol. The van der Waals surface area contributed by atoms with Gasteiger partial charge in [0.1, 0.15) is 5.82 Å². The lowest BCUT2D eigenvalue weighted by molar-refractivity contribution is -0.138. The molecule has 1 aromatic heterocycles. The van der Waals surface area contributed by atoms with Gasteiger partial charge in [-0.1, -0.05) is 32.0 Å². The van der Waals surface area contributed by atoms with Gasteiger partial charge in [-0.15, -0.1) is 0 Å². The molecule has 0 radical (unpaired) electrons. The van der Waals surface area contributed by atoms with Crippen molar-refractivity contribution in [1.82, 2.24) is 15.2 Å². The summed E-state index contributed by atoms with van der Waals surface area (Å²) in [6, 6.07) is 8.69. The first kappa shape index (κ1) is 29.1. The molecule has 1 unspecified atom stereocenters. The lowest BCUT2D eigenvalue weighted by atomic mass is 9.66. The third kappa shape index (κ3) is 5.22.